The highest BCUT2D eigenvalue weighted by molar-refractivity contribution is 5.00. The van der Waals surface area contributed by atoms with Crippen LogP contribution in [0.4, 0.5) is 0 Å². The van der Waals surface area contributed by atoms with Crippen LogP contribution < -0.4 is 5.32 Å². The molecule has 2 aliphatic rings. The van der Waals surface area contributed by atoms with Gasteiger partial charge >= 0.3 is 0 Å². The molecule has 0 amide bonds. The van der Waals surface area contributed by atoms with Gasteiger partial charge in [-0.3, -0.25) is 4.90 Å². The first-order valence-electron chi connectivity index (χ1n) is 6.88. The van der Waals surface area contributed by atoms with Crippen molar-refractivity contribution in [2.45, 2.75) is 31.5 Å². The molecule has 4 nitrogen and oxygen atoms in total. The van der Waals surface area contributed by atoms with E-state index in [0.29, 0.717) is 12.0 Å². The molecular weight excluding hydrogens is 228 g/mol. The Balaban J connectivity index is 1.60. The van der Waals surface area contributed by atoms with Gasteiger partial charge in [-0.15, -0.1) is 0 Å². The topological polar surface area (TPSA) is 37.6 Å². The number of furan rings is 1. The monoisotopic (exact) mass is 250 g/mol. The summed E-state index contributed by atoms with van der Waals surface area (Å²) in [4.78, 5) is 2.56. The van der Waals surface area contributed by atoms with Gasteiger partial charge in [0.15, 0.2) is 0 Å². The maximum Gasteiger partial charge on any atom is 0.117 e. The molecule has 0 aromatic carbocycles. The largest absolute Gasteiger partial charge is 0.468 e. The number of ether oxygens (including phenoxy) is 1. The summed E-state index contributed by atoms with van der Waals surface area (Å²) in [6, 6.07) is 5.29. The Hall–Kier alpha value is -0.840. The van der Waals surface area contributed by atoms with Crippen LogP contribution in [-0.2, 0) is 11.3 Å². The lowest BCUT2D eigenvalue weighted by molar-refractivity contribution is 0.157. The maximum absolute atomic E-state index is 5.58. The van der Waals surface area contributed by atoms with E-state index in [1.54, 1.807) is 6.26 Å². The Morgan fingerprint density at radius 3 is 2.94 bits per heavy atom. The molecule has 100 valence electrons. The zero-order valence-corrected chi connectivity index (χ0v) is 11.0. The molecule has 2 unspecified atom stereocenters. The van der Waals surface area contributed by atoms with Crippen molar-refractivity contribution < 1.29 is 9.15 Å². The molecule has 2 fully saturated rings. The van der Waals surface area contributed by atoms with Crippen molar-refractivity contribution in [2.24, 2.45) is 5.92 Å². The zero-order valence-electron chi connectivity index (χ0n) is 11.0. The van der Waals surface area contributed by atoms with Gasteiger partial charge in [0.1, 0.15) is 5.76 Å². The third-order valence-electron chi connectivity index (χ3n) is 4.04. The minimum absolute atomic E-state index is 0.503. The predicted octanol–water partition coefficient (Wildman–Crippen LogP) is 1.48. The van der Waals surface area contributed by atoms with Crippen molar-refractivity contribution in [3.8, 4) is 0 Å². The first-order valence-corrected chi connectivity index (χ1v) is 6.88. The second-order valence-corrected chi connectivity index (χ2v) is 5.43. The number of likely N-dealkylation sites (N-methyl/N-ethyl adjacent to an activating group) is 1. The highest BCUT2D eigenvalue weighted by Crippen LogP contribution is 2.30. The molecule has 2 heterocycles. The Morgan fingerprint density at radius 1 is 1.39 bits per heavy atom. The third kappa shape index (κ3) is 2.76. The minimum Gasteiger partial charge on any atom is -0.468 e. The van der Waals surface area contributed by atoms with E-state index in [-0.39, 0.29) is 0 Å². The molecule has 0 spiro atoms. The molecule has 0 radical (unpaired) electrons. The number of rotatable bonds is 6. The van der Waals surface area contributed by atoms with Gasteiger partial charge in [0.2, 0.25) is 0 Å². The molecular formula is C14H22N2O2. The van der Waals surface area contributed by atoms with E-state index in [9.17, 15) is 0 Å². The van der Waals surface area contributed by atoms with E-state index in [4.69, 9.17) is 9.15 Å². The molecule has 3 rings (SSSR count). The van der Waals surface area contributed by atoms with E-state index < -0.39 is 0 Å². The van der Waals surface area contributed by atoms with Crippen LogP contribution in [0, 0.1) is 5.92 Å². The Bertz CT molecular complexity index is 362. The lowest BCUT2D eigenvalue weighted by Crippen LogP contribution is -2.40. The number of hydrogen-bond donors (Lipinski definition) is 1. The molecule has 1 aliphatic carbocycles. The van der Waals surface area contributed by atoms with Gasteiger partial charge in [-0.25, -0.2) is 0 Å². The molecule has 1 saturated carbocycles. The van der Waals surface area contributed by atoms with Crippen LogP contribution in [0.5, 0.6) is 0 Å². The average Bonchev–Trinajstić information content (AvgIpc) is 2.92. The number of nitrogens with one attached hydrogen (secondary N) is 1. The van der Waals surface area contributed by atoms with E-state index in [1.165, 1.54) is 12.8 Å². The average molecular weight is 250 g/mol. The fraction of sp³-hybridized carbons (Fsp3) is 0.714. The van der Waals surface area contributed by atoms with Gasteiger partial charge in [0, 0.05) is 24.5 Å². The fourth-order valence-corrected chi connectivity index (χ4v) is 2.78. The quantitative estimate of drug-likeness (QED) is 0.830. The smallest absolute Gasteiger partial charge is 0.117 e. The van der Waals surface area contributed by atoms with Crippen LogP contribution in [0.15, 0.2) is 22.8 Å². The number of hydrogen-bond acceptors (Lipinski definition) is 4. The fourth-order valence-electron chi connectivity index (χ4n) is 2.78. The van der Waals surface area contributed by atoms with Crippen molar-refractivity contribution in [1.82, 2.24) is 10.2 Å². The Labute approximate surface area is 108 Å². The second kappa shape index (κ2) is 5.43. The van der Waals surface area contributed by atoms with Crippen molar-refractivity contribution in [3.05, 3.63) is 24.2 Å². The summed E-state index contributed by atoms with van der Waals surface area (Å²) in [6.07, 6.45) is 4.42. The summed E-state index contributed by atoms with van der Waals surface area (Å²) < 4.78 is 11.1. The van der Waals surface area contributed by atoms with Crippen LogP contribution >= 0.6 is 0 Å². The van der Waals surface area contributed by atoms with Crippen LogP contribution in [-0.4, -0.2) is 43.8 Å². The van der Waals surface area contributed by atoms with Crippen LogP contribution in [0.1, 0.15) is 18.6 Å². The highest BCUT2D eigenvalue weighted by atomic mass is 16.5. The van der Waals surface area contributed by atoms with Gasteiger partial charge in [-0.2, -0.15) is 0 Å². The van der Waals surface area contributed by atoms with Crippen molar-refractivity contribution in [1.29, 1.82) is 0 Å². The molecule has 4 heteroatoms. The molecule has 1 aromatic rings. The summed E-state index contributed by atoms with van der Waals surface area (Å²) in [5, 5.41) is 3.36. The van der Waals surface area contributed by atoms with E-state index >= 15 is 0 Å². The molecule has 18 heavy (non-hydrogen) atoms. The summed E-state index contributed by atoms with van der Waals surface area (Å²) >= 11 is 0. The lowest BCUT2D eigenvalue weighted by Gasteiger charge is -2.26. The summed E-state index contributed by atoms with van der Waals surface area (Å²) in [6.45, 7) is 3.77. The van der Waals surface area contributed by atoms with E-state index in [0.717, 1.165) is 38.1 Å². The second-order valence-electron chi connectivity index (χ2n) is 5.43. The zero-order chi connectivity index (χ0) is 12.4. The van der Waals surface area contributed by atoms with Crippen molar-refractivity contribution in [2.75, 3.05) is 26.8 Å². The van der Waals surface area contributed by atoms with Crippen LogP contribution in [0.2, 0.25) is 0 Å². The first-order chi connectivity index (χ1) is 8.86. The van der Waals surface area contributed by atoms with E-state index in [2.05, 4.69) is 16.3 Å². The normalized spacial score (nSPS) is 28.1. The maximum atomic E-state index is 5.58. The van der Waals surface area contributed by atoms with Crippen molar-refractivity contribution >= 4 is 0 Å². The molecule has 1 aromatic heterocycles. The molecule has 1 N–H and O–H groups in total. The van der Waals surface area contributed by atoms with Gasteiger partial charge < -0.3 is 14.5 Å². The summed E-state index contributed by atoms with van der Waals surface area (Å²) in [5.41, 5.74) is 0. The first kappa shape index (κ1) is 12.2. The van der Waals surface area contributed by atoms with Gasteiger partial charge in [0.05, 0.1) is 26.0 Å². The van der Waals surface area contributed by atoms with Gasteiger partial charge in [-0.05, 0) is 32.0 Å². The predicted molar refractivity (Wildman–Crippen MR) is 69.3 cm³/mol. The minimum atomic E-state index is 0.503. The SMILES string of the molecule is CNC1COCC1CN(Cc1ccco1)C1CC1. The van der Waals surface area contributed by atoms with Crippen molar-refractivity contribution in [3.63, 3.8) is 0 Å². The molecule has 1 aliphatic heterocycles. The Kier molecular flexibility index (Phi) is 3.68. The van der Waals surface area contributed by atoms with Gasteiger partial charge in [0.25, 0.3) is 0 Å². The summed E-state index contributed by atoms with van der Waals surface area (Å²) in [5.74, 6) is 1.67. The van der Waals surface area contributed by atoms with Gasteiger partial charge in [-0.1, -0.05) is 0 Å². The standard InChI is InChI=1S/C14H22N2O2/c1-15-14-10-17-9-11(14)7-16(12-4-5-12)8-13-3-2-6-18-13/h2-3,6,11-12,14-15H,4-5,7-10H2,1H3. The highest BCUT2D eigenvalue weighted by Gasteiger charge is 2.35. The van der Waals surface area contributed by atoms with Crippen LogP contribution in [0.25, 0.3) is 0 Å². The lowest BCUT2D eigenvalue weighted by atomic mass is 10.0. The third-order valence-corrected chi connectivity index (χ3v) is 4.04. The molecule has 2 atom stereocenters. The molecule has 1 saturated heterocycles. The van der Waals surface area contributed by atoms with Crippen LogP contribution in [0.3, 0.4) is 0 Å². The van der Waals surface area contributed by atoms with E-state index in [1.807, 2.05) is 13.1 Å². The number of nitrogens with zero attached hydrogens (tertiary/aromatic N) is 1. The Morgan fingerprint density at radius 2 is 2.28 bits per heavy atom. The molecule has 0 bridgehead atoms. The summed E-state index contributed by atoms with van der Waals surface area (Å²) in [7, 11) is 2.03.